The van der Waals surface area contributed by atoms with Gasteiger partial charge in [0.2, 0.25) is 0 Å². The normalized spacial score (nSPS) is 18.3. The Morgan fingerprint density at radius 1 is 0.643 bits per heavy atom. The third-order valence-corrected chi connectivity index (χ3v) is 6.58. The van der Waals surface area contributed by atoms with E-state index in [0.29, 0.717) is 45.2 Å². The van der Waals surface area contributed by atoms with E-state index in [1.54, 1.807) is 76.2 Å². The van der Waals surface area contributed by atoms with Crippen molar-refractivity contribution in [1.82, 2.24) is 21.3 Å². The number of amides is 4. The number of hydrogen-bond acceptors (Lipinski definition) is 8. The van der Waals surface area contributed by atoms with Gasteiger partial charge < -0.3 is 40.2 Å². The predicted molar refractivity (Wildman–Crippen MR) is 151 cm³/mol. The number of esters is 2. The van der Waals surface area contributed by atoms with Gasteiger partial charge in [-0.1, -0.05) is 24.3 Å². The highest BCUT2D eigenvalue weighted by Crippen LogP contribution is 2.30. The summed E-state index contributed by atoms with van der Waals surface area (Å²) in [5.74, 6) is 0.187. The first-order chi connectivity index (χ1) is 20.2. The third kappa shape index (κ3) is 7.00. The zero-order chi connectivity index (χ0) is 30.2. The number of rotatable bonds is 11. The predicted octanol–water partition coefficient (Wildman–Crippen LogP) is 3.53. The Kier molecular flexibility index (Phi) is 9.69. The minimum atomic E-state index is -0.649. The topological polar surface area (TPSA) is 153 Å². The van der Waals surface area contributed by atoms with Crippen molar-refractivity contribution in [3.05, 3.63) is 82.2 Å². The maximum Gasteiger partial charge on any atom is 0.338 e. The van der Waals surface area contributed by atoms with E-state index < -0.39 is 36.1 Å². The van der Waals surface area contributed by atoms with Crippen LogP contribution in [0.3, 0.4) is 0 Å². The van der Waals surface area contributed by atoms with Gasteiger partial charge in [-0.25, -0.2) is 19.2 Å². The largest absolute Gasteiger partial charge is 0.490 e. The molecular formula is C30H34N4O8. The van der Waals surface area contributed by atoms with Crippen LogP contribution >= 0.6 is 0 Å². The molecule has 0 saturated heterocycles. The number of hydrogen-bond donors (Lipinski definition) is 4. The molecule has 222 valence electrons. The van der Waals surface area contributed by atoms with Gasteiger partial charge in [-0.15, -0.1) is 0 Å². The molecule has 2 heterocycles. The number of urea groups is 2. The maximum absolute atomic E-state index is 12.5. The van der Waals surface area contributed by atoms with Gasteiger partial charge in [-0.2, -0.15) is 0 Å². The minimum Gasteiger partial charge on any atom is -0.490 e. The van der Waals surface area contributed by atoms with Gasteiger partial charge >= 0.3 is 24.0 Å². The average molecular weight is 579 g/mol. The third-order valence-electron chi connectivity index (χ3n) is 6.58. The summed E-state index contributed by atoms with van der Waals surface area (Å²) in [7, 11) is 0. The molecule has 12 nitrogen and oxygen atoms in total. The fraction of sp³-hybridized carbons (Fsp3) is 0.333. The van der Waals surface area contributed by atoms with E-state index in [9.17, 15) is 19.2 Å². The lowest BCUT2D eigenvalue weighted by Gasteiger charge is -2.28. The SMILES string of the molecule is CCOC(=O)C1=C(C)NC(=O)NC1c1ccc(OCCOc2ccc(C3NC(=O)NC(C)=C3C(=O)OCC)cc2)cc1. The zero-order valence-corrected chi connectivity index (χ0v) is 23.9. The lowest BCUT2D eigenvalue weighted by molar-refractivity contribution is -0.140. The maximum atomic E-state index is 12.5. The van der Waals surface area contributed by atoms with E-state index in [-0.39, 0.29) is 26.4 Å². The second-order valence-corrected chi connectivity index (χ2v) is 9.42. The molecule has 4 rings (SSSR count). The van der Waals surface area contributed by atoms with E-state index in [2.05, 4.69) is 21.3 Å². The van der Waals surface area contributed by atoms with Crippen molar-refractivity contribution in [3.63, 3.8) is 0 Å². The van der Waals surface area contributed by atoms with Gasteiger partial charge in [0, 0.05) is 11.4 Å². The number of nitrogens with one attached hydrogen (secondary N) is 4. The zero-order valence-electron chi connectivity index (χ0n) is 23.9. The van der Waals surface area contributed by atoms with Crippen molar-refractivity contribution in [2.75, 3.05) is 26.4 Å². The summed E-state index contributed by atoms with van der Waals surface area (Å²) in [4.78, 5) is 49.1. The quantitative estimate of drug-likeness (QED) is 0.233. The lowest BCUT2D eigenvalue weighted by atomic mass is 9.95. The van der Waals surface area contributed by atoms with E-state index in [0.717, 1.165) is 0 Å². The molecular weight excluding hydrogens is 544 g/mol. The highest BCUT2D eigenvalue weighted by Gasteiger charge is 2.33. The van der Waals surface area contributed by atoms with Crippen molar-refractivity contribution < 1.29 is 38.1 Å². The van der Waals surface area contributed by atoms with Crippen LogP contribution in [0.4, 0.5) is 9.59 Å². The summed E-state index contributed by atoms with van der Waals surface area (Å²) in [6, 6.07) is 12.0. The summed E-state index contributed by atoms with van der Waals surface area (Å²) >= 11 is 0. The fourth-order valence-electron chi connectivity index (χ4n) is 4.68. The molecule has 2 aromatic carbocycles. The van der Waals surface area contributed by atoms with Crippen LogP contribution in [0.5, 0.6) is 11.5 Å². The molecule has 4 N–H and O–H groups in total. The first-order valence-electron chi connectivity index (χ1n) is 13.6. The average Bonchev–Trinajstić information content (AvgIpc) is 2.95. The number of carbonyl (C=O) groups excluding carboxylic acids is 4. The molecule has 0 aliphatic carbocycles. The number of allylic oxidation sites excluding steroid dienone is 2. The van der Waals surface area contributed by atoms with Crippen LogP contribution in [-0.4, -0.2) is 50.4 Å². The van der Waals surface area contributed by atoms with Crippen molar-refractivity contribution in [2.24, 2.45) is 0 Å². The van der Waals surface area contributed by atoms with Gasteiger partial charge in [0.15, 0.2) is 0 Å². The molecule has 0 fully saturated rings. The Labute approximate surface area is 243 Å². The highest BCUT2D eigenvalue weighted by molar-refractivity contribution is 5.95. The smallest absolute Gasteiger partial charge is 0.338 e. The van der Waals surface area contributed by atoms with Crippen molar-refractivity contribution in [2.45, 2.75) is 39.8 Å². The molecule has 2 aliphatic heterocycles. The van der Waals surface area contributed by atoms with Crippen LogP contribution in [-0.2, 0) is 19.1 Å². The van der Waals surface area contributed by atoms with Crippen LogP contribution in [0, 0.1) is 0 Å². The van der Waals surface area contributed by atoms with E-state index in [1.165, 1.54) is 0 Å². The molecule has 0 spiro atoms. The molecule has 2 unspecified atom stereocenters. The first-order valence-corrected chi connectivity index (χ1v) is 13.6. The first kappa shape index (κ1) is 30.0. The van der Waals surface area contributed by atoms with Gasteiger partial charge in [0.25, 0.3) is 0 Å². The fourth-order valence-corrected chi connectivity index (χ4v) is 4.68. The molecule has 4 amide bonds. The molecule has 12 heteroatoms. The Balaban J connectivity index is 1.33. The summed E-state index contributed by atoms with van der Waals surface area (Å²) < 4.78 is 21.9. The van der Waals surface area contributed by atoms with Gasteiger partial charge in [-0.3, -0.25) is 0 Å². The molecule has 0 saturated carbocycles. The lowest BCUT2D eigenvalue weighted by Crippen LogP contribution is -2.45. The summed E-state index contributed by atoms with van der Waals surface area (Å²) in [6.45, 7) is 7.73. The standard InChI is InChI=1S/C30H34N4O8/c1-5-39-27(35)23-17(3)31-29(37)33-25(23)19-7-11-21(12-8-19)41-15-16-42-22-13-9-20(10-14-22)26-24(28(36)40-6-2)18(4)32-30(38)34-26/h7-14,25-26H,5-6,15-16H2,1-4H3,(H2,31,33,37)(H2,32,34,38). The summed E-state index contributed by atoms with van der Waals surface area (Å²) in [5.41, 5.74) is 2.98. The Morgan fingerprint density at radius 2 is 1.00 bits per heavy atom. The second kappa shape index (κ2) is 13.6. The summed E-state index contributed by atoms with van der Waals surface area (Å²) in [6.07, 6.45) is 0. The van der Waals surface area contributed by atoms with Crippen LogP contribution < -0.4 is 30.7 Å². The van der Waals surface area contributed by atoms with Gasteiger partial charge in [0.1, 0.15) is 24.7 Å². The molecule has 2 atom stereocenters. The molecule has 2 aliphatic rings. The number of carbonyl (C=O) groups is 4. The molecule has 2 aromatic rings. The highest BCUT2D eigenvalue weighted by atomic mass is 16.5. The van der Waals surface area contributed by atoms with Crippen LogP contribution in [0.1, 0.15) is 50.9 Å². The number of benzene rings is 2. The van der Waals surface area contributed by atoms with E-state index in [4.69, 9.17) is 18.9 Å². The number of ether oxygens (including phenoxy) is 4. The Morgan fingerprint density at radius 3 is 1.33 bits per heavy atom. The van der Waals surface area contributed by atoms with Crippen molar-refractivity contribution >= 4 is 24.0 Å². The van der Waals surface area contributed by atoms with Crippen LogP contribution in [0.25, 0.3) is 0 Å². The Hall–Kier alpha value is -5.00. The molecule has 0 aromatic heterocycles. The van der Waals surface area contributed by atoms with Crippen LogP contribution in [0.15, 0.2) is 71.1 Å². The van der Waals surface area contributed by atoms with E-state index >= 15 is 0 Å². The molecule has 0 bridgehead atoms. The molecule has 42 heavy (non-hydrogen) atoms. The minimum absolute atomic E-state index is 0.221. The van der Waals surface area contributed by atoms with Gasteiger partial charge in [-0.05, 0) is 63.1 Å². The monoisotopic (exact) mass is 578 g/mol. The summed E-state index contributed by atoms with van der Waals surface area (Å²) in [5, 5.41) is 10.8. The second-order valence-electron chi connectivity index (χ2n) is 9.42. The van der Waals surface area contributed by atoms with Crippen LogP contribution in [0.2, 0.25) is 0 Å². The van der Waals surface area contributed by atoms with Gasteiger partial charge in [0.05, 0.1) is 36.4 Å². The van der Waals surface area contributed by atoms with Crippen molar-refractivity contribution in [3.8, 4) is 11.5 Å². The Bertz CT molecular complexity index is 1290. The molecule has 0 radical (unpaired) electrons. The van der Waals surface area contributed by atoms with E-state index in [1.807, 2.05) is 0 Å². The van der Waals surface area contributed by atoms with Crippen molar-refractivity contribution in [1.29, 1.82) is 0 Å².